The molecule has 1 fully saturated rings. The van der Waals surface area contributed by atoms with Gasteiger partial charge < -0.3 is 9.64 Å². The Balaban J connectivity index is 1.55. The maximum Gasteiger partial charge on any atom is 0.257 e. The van der Waals surface area contributed by atoms with Gasteiger partial charge in [0.05, 0.1) is 23.3 Å². The van der Waals surface area contributed by atoms with Crippen LogP contribution in [0, 0.1) is 5.82 Å². The molecule has 0 saturated carbocycles. The molecule has 0 radical (unpaired) electrons. The van der Waals surface area contributed by atoms with Crippen molar-refractivity contribution >= 4 is 54.8 Å². The topological polar surface area (TPSA) is 69.9 Å². The van der Waals surface area contributed by atoms with E-state index < -0.39 is 27.1 Å². The summed E-state index contributed by atoms with van der Waals surface area (Å²) in [4.78, 5) is 18.9. The summed E-state index contributed by atoms with van der Waals surface area (Å²) in [5.74, 6) is 0.0529. The van der Waals surface area contributed by atoms with Crippen LogP contribution in [0.5, 0.6) is 0 Å². The zero-order chi connectivity index (χ0) is 18.3. The lowest BCUT2D eigenvalue weighted by Crippen LogP contribution is -2.49. The van der Waals surface area contributed by atoms with Crippen molar-refractivity contribution in [3.8, 4) is 0 Å². The first-order valence-electron chi connectivity index (χ1n) is 7.88. The number of carbonyl (C=O) groups is 1. The number of aliphatic imine (C=N–C) groups is 1. The maximum atomic E-state index is 13.4. The van der Waals surface area contributed by atoms with Gasteiger partial charge in [0.25, 0.3) is 11.9 Å². The van der Waals surface area contributed by atoms with Crippen molar-refractivity contribution in [3.05, 3.63) is 45.8 Å². The molecule has 0 aliphatic carbocycles. The minimum absolute atomic E-state index is 0.152. The van der Waals surface area contributed by atoms with Crippen molar-refractivity contribution in [2.45, 2.75) is 13.0 Å². The van der Waals surface area contributed by atoms with Crippen LogP contribution in [-0.2, 0) is 4.74 Å². The molecule has 7 nitrogen and oxygen atoms in total. The number of amides is 1. The minimum atomic E-state index is -0.634. The first kappa shape index (κ1) is 17.9. The highest BCUT2D eigenvalue weighted by molar-refractivity contribution is 14.1. The summed E-state index contributed by atoms with van der Waals surface area (Å²) in [6.45, 7) is 3.19. The van der Waals surface area contributed by atoms with Crippen molar-refractivity contribution in [2.75, 3.05) is 19.7 Å². The van der Waals surface area contributed by atoms with E-state index in [9.17, 15) is 9.18 Å². The summed E-state index contributed by atoms with van der Waals surface area (Å²) in [7, 11) is 0. The van der Waals surface area contributed by atoms with Crippen LogP contribution in [0.2, 0.25) is 0 Å². The lowest BCUT2D eigenvalue weighted by Gasteiger charge is -2.36. The molecule has 3 aliphatic heterocycles. The van der Waals surface area contributed by atoms with E-state index in [1.165, 1.54) is 18.2 Å². The van der Waals surface area contributed by atoms with Crippen molar-refractivity contribution in [2.24, 2.45) is 11.5 Å². The highest BCUT2D eigenvalue weighted by atomic mass is 127. The molecule has 1 unspecified atom stereocenters. The second-order valence-corrected chi connectivity index (χ2v) is 8.11. The number of guanidine groups is 1. The molecular weight excluding hydrogens is 520 g/mol. The van der Waals surface area contributed by atoms with Gasteiger partial charge in [-0.2, -0.15) is 8.21 Å². The molecule has 3 aliphatic rings. The standard InChI is InChI=1S/C16H14BrFIN5O2/c1-9-6-13(24-16(20-9)21-19-22-24)14-8-23(4-5-26-14)15(25)10-2-3-12(18)11(17)7-10/h2-3,6-7,14H,4-5,8H2,1H3. The molecular formula is C16H14BrFIN5O2. The average Bonchev–Trinajstić information content (AvgIpc) is 3.11. The number of nitrogens with zero attached hydrogens (tertiary/aromatic N) is 5. The summed E-state index contributed by atoms with van der Waals surface area (Å²) in [6, 6.07) is 4.28. The number of hydrogen-bond acceptors (Lipinski definition) is 6. The third-order valence-corrected chi connectivity index (χ3v) is 6.02. The molecule has 3 heterocycles. The number of allylic oxidation sites excluding steroid dienone is 1. The number of carbonyl (C=O) groups excluding carboxylic acids is 1. The SMILES string of the molecule is CC1=NC2=NI=NN2C(C2CN(C(=O)c3ccc(F)c(Br)c3)CCO2)=C1. The van der Waals surface area contributed by atoms with Gasteiger partial charge in [0.1, 0.15) is 11.9 Å². The van der Waals surface area contributed by atoms with Gasteiger partial charge in [-0.3, -0.25) is 4.79 Å². The lowest BCUT2D eigenvalue weighted by atomic mass is 10.1. The summed E-state index contributed by atoms with van der Waals surface area (Å²) in [5, 5.41) is 1.73. The van der Waals surface area contributed by atoms with Gasteiger partial charge in [-0.15, -0.1) is 3.25 Å². The normalized spacial score (nSPS) is 22.3. The molecule has 4 rings (SSSR count). The summed E-state index contributed by atoms with van der Waals surface area (Å²) in [5.41, 5.74) is 2.13. The first-order valence-corrected chi connectivity index (χ1v) is 10.6. The number of rotatable bonds is 2. The first-order chi connectivity index (χ1) is 12.5. The fourth-order valence-corrected chi connectivity index (χ4v) is 4.51. The van der Waals surface area contributed by atoms with Gasteiger partial charge >= 0.3 is 0 Å². The largest absolute Gasteiger partial charge is 0.368 e. The number of ether oxygens (including phenoxy) is 1. The molecule has 0 bridgehead atoms. The van der Waals surface area contributed by atoms with Crippen LogP contribution >= 0.6 is 37.2 Å². The predicted molar refractivity (Wildman–Crippen MR) is 107 cm³/mol. The van der Waals surface area contributed by atoms with Gasteiger partial charge in [-0.25, -0.2) is 9.38 Å². The smallest absolute Gasteiger partial charge is 0.257 e. The van der Waals surface area contributed by atoms with Crippen LogP contribution in [0.25, 0.3) is 0 Å². The number of morpholine rings is 1. The van der Waals surface area contributed by atoms with Crippen LogP contribution in [0.4, 0.5) is 4.39 Å². The van der Waals surface area contributed by atoms with E-state index in [0.29, 0.717) is 31.2 Å². The monoisotopic (exact) mass is 533 g/mol. The van der Waals surface area contributed by atoms with Crippen molar-refractivity contribution < 1.29 is 13.9 Å². The van der Waals surface area contributed by atoms with Crippen LogP contribution in [0.15, 0.2) is 45.9 Å². The zero-order valence-electron chi connectivity index (χ0n) is 13.7. The lowest BCUT2D eigenvalue weighted by molar-refractivity contribution is -0.0118. The van der Waals surface area contributed by atoms with E-state index in [2.05, 4.69) is 27.4 Å². The van der Waals surface area contributed by atoms with Gasteiger partial charge in [-0.1, -0.05) is 0 Å². The van der Waals surface area contributed by atoms with Crippen molar-refractivity contribution in [1.82, 2.24) is 9.91 Å². The van der Waals surface area contributed by atoms with Gasteiger partial charge in [0.15, 0.2) is 21.3 Å². The molecule has 0 aromatic heterocycles. The van der Waals surface area contributed by atoms with E-state index in [-0.39, 0.29) is 16.5 Å². The molecule has 0 N–H and O–H groups in total. The molecule has 1 amide bonds. The Morgan fingerprint density at radius 2 is 2.31 bits per heavy atom. The van der Waals surface area contributed by atoms with E-state index in [4.69, 9.17) is 4.74 Å². The van der Waals surface area contributed by atoms with E-state index in [0.717, 1.165) is 11.4 Å². The summed E-state index contributed by atoms with van der Waals surface area (Å²) < 4.78 is 28.4. The number of hydrogen-bond donors (Lipinski definition) is 0. The van der Waals surface area contributed by atoms with E-state index >= 15 is 0 Å². The van der Waals surface area contributed by atoms with Gasteiger partial charge in [-0.05, 0) is 47.1 Å². The Labute approximate surface area is 168 Å². The molecule has 10 heteroatoms. The van der Waals surface area contributed by atoms with Crippen LogP contribution in [0.3, 0.4) is 0 Å². The fourth-order valence-electron chi connectivity index (χ4n) is 2.90. The summed E-state index contributed by atoms with van der Waals surface area (Å²) in [6.07, 6.45) is 1.61. The van der Waals surface area contributed by atoms with Gasteiger partial charge in [0, 0.05) is 17.8 Å². The highest BCUT2D eigenvalue weighted by Gasteiger charge is 2.34. The number of halogens is 3. The zero-order valence-corrected chi connectivity index (χ0v) is 17.4. The third-order valence-electron chi connectivity index (χ3n) is 4.14. The molecule has 1 saturated heterocycles. The van der Waals surface area contributed by atoms with Crippen molar-refractivity contribution in [1.29, 1.82) is 0 Å². The Hall–Kier alpha value is -1.53. The third kappa shape index (κ3) is 3.37. The van der Waals surface area contributed by atoms with Crippen LogP contribution in [0.1, 0.15) is 17.3 Å². The van der Waals surface area contributed by atoms with Gasteiger partial charge in [0.2, 0.25) is 0 Å². The maximum absolute atomic E-state index is 13.4. The Morgan fingerprint density at radius 3 is 3.12 bits per heavy atom. The average molecular weight is 534 g/mol. The predicted octanol–water partition coefficient (Wildman–Crippen LogP) is 3.44. The minimum Gasteiger partial charge on any atom is -0.368 e. The Morgan fingerprint density at radius 1 is 1.46 bits per heavy atom. The highest BCUT2D eigenvalue weighted by Crippen LogP contribution is 2.29. The Bertz CT molecular complexity index is 901. The van der Waals surface area contributed by atoms with Crippen molar-refractivity contribution in [3.63, 3.8) is 0 Å². The summed E-state index contributed by atoms with van der Waals surface area (Å²) >= 11 is 2.49. The number of benzene rings is 1. The second kappa shape index (κ2) is 7.24. The van der Waals surface area contributed by atoms with Crippen LogP contribution < -0.4 is 0 Å². The molecule has 1 aromatic carbocycles. The van der Waals surface area contributed by atoms with E-state index in [1.807, 2.05) is 13.0 Å². The van der Waals surface area contributed by atoms with Crippen LogP contribution in [-0.4, -0.2) is 53.3 Å². The fraction of sp³-hybridized carbons (Fsp3) is 0.312. The quantitative estimate of drug-likeness (QED) is 0.547. The molecule has 1 aromatic rings. The number of fused-ring (bicyclic) bond motifs is 1. The second-order valence-electron chi connectivity index (χ2n) is 5.91. The molecule has 26 heavy (non-hydrogen) atoms. The molecule has 0 spiro atoms. The molecule has 136 valence electrons. The Kier molecular flexibility index (Phi) is 4.97. The molecule has 1 atom stereocenters. The van der Waals surface area contributed by atoms with E-state index in [1.54, 1.807) is 9.91 Å².